The zero-order valence-corrected chi connectivity index (χ0v) is 11.1. The summed E-state index contributed by atoms with van der Waals surface area (Å²) in [6.07, 6.45) is 1.28. The highest BCUT2D eigenvalue weighted by Gasteiger charge is 2.17. The van der Waals surface area contributed by atoms with Gasteiger partial charge in [0.15, 0.2) is 0 Å². The monoisotopic (exact) mass is 254 g/mol. The molecular formula is C10H23ClN2OS. The number of rotatable bonds is 6. The largest absolute Gasteiger partial charge is 0.379 e. The summed E-state index contributed by atoms with van der Waals surface area (Å²) in [5, 5.41) is 0.832. The maximum absolute atomic E-state index is 5.38. The van der Waals surface area contributed by atoms with Crippen LogP contribution in [0.1, 0.15) is 13.3 Å². The van der Waals surface area contributed by atoms with E-state index < -0.39 is 0 Å². The molecule has 1 fully saturated rings. The number of thioether (sulfide) groups is 1. The van der Waals surface area contributed by atoms with Crippen LogP contribution in [0.2, 0.25) is 0 Å². The van der Waals surface area contributed by atoms with Crippen molar-refractivity contribution in [3.05, 3.63) is 0 Å². The predicted molar refractivity (Wildman–Crippen MR) is 70.1 cm³/mol. The van der Waals surface area contributed by atoms with Crippen LogP contribution in [-0.2, 0) is 4.74 Å². The zero-order chi connectivity index (χ0) is 10.2. The molecule has 1 aliphatic heterocycles. The third-order valence-electron chi connectivity index (χ3n) is 2.49. The fourth-order valence-corrected chi connectivity index (χ4v) is 2.86. The maximum Gasteiger partial charge on any atom is 0.0594 e. The predicted octanol–water partition coefficient (Wildman–Crippen LogP) is 1.21. The lowest BCUT2D eigenvalue weighted by Crippen LogP contribution is -2.39. The van der Waals surface area contributed by atoms with Gasteiger partial charge in [0.05, 0.1) is 13.2 Å². The number of hydrogen-bond acceptors (Lipinski definition) is 4. The molecule has 0 bridgehead atoms. The third kappa shape index (κ3) is 6.64. The van der Waals surface area contributed by atoms with E-state index in [-0.39, 0.29) is 12.4 Å². The summed E-state index contributed by atoms with van der Waals surface area (Å²) in [7, 11) is 0. The van der Waals surface area contributed by atoms with Crippen LogP contribution in [0.4, 0.5) is 0 Å². The molecular weight excluding hydrogens is 232 g/mol. The van der Waals surface area contributed by atoms with Crippen LogP contribution in [0.5, 0.6) is 0 Å². The van der Waals surface area contributed by atoms with Gasteiger partial charge in [-0.15, -0.1) is 12.4 Å². The Morgan fingerprint density at radius 2 is 2.27 bits per heavy atom. The standard InChI is InChI=1S/C10H22N2OS.ClH/c1-2-10-9-12(5-8-14-10)4-7-13-6-3-11;/h10H,2-9,11H2,1H3;1H. The van der Waals surface area contributed by atoms with Gasteiger partial charge in [0, 0.05) is 37.2 Å². The molecule has 1 saturated heterocycles. The van der Waals surface area contributed by atoms with Gasteiger partial charge in [0.1, 0.15) is 0 Å². The Hall–Kier alpha value is 0.520. The van der Waals surface area contributed by atoms with E-state index in [0.717, 1.165) is 18.4 Å². The van der Waals surface area contributed by atoms with E-state index >= 15 is 0 Å². The van der Waals surface area contributed by atoms with Crippen molar-refractivity contribution < 1.29 is 4.74 Å². The number of ether oxygens (including phenoxy) is 1. The fourth-order valence-electron chi connectivity index (χ4n) is 1.61. The highest BCUT2D eigenvalue weighted by Crippen LogP contribution is 2.20. The second-order valence-electron chi connectivity index (χ2n) is 3.60. The number of nitrogens with zero attached hydrogens (tertiary/aromatic N) is 1. The first-order chi connectivity index (χ1) is 6.86. The Kier molecular flexibility index (Phi) is 10.1. The summed E-state index contributed by atoms with van der Waals surface area (Å²) < 4.78 is 5.38. The van der Waals surface area contributed by atoms with Crippen LogP contribution in [0.25, 0.3) is 0 Å². The fraction of sp³-hybridized carbons (Fsp3) is 1.00. The van der Waals surface area contributed by atoms with E-state index in [1.807, 2.05) is 0 Å². The average Bonchev–Trinajstić information content (AvgIpc) is 2.25. The molecule has 92 valence electrons. The van der Waals surface area contributed by atoms with E-state index in [9.17, 15) is 0 Å². The summed E-state index contributed by atoms with van der Waals surface area (Å²) in [4.78, 5) is 2.50. The first-order valence-electron chi connectivity index (χ1n) is 5.48. The quantitative estimate of drug-likeness (QED) is 0.724. The highest BCUT2D eigenvalue weighted by molar-refractivity contribution is 8.00. The molecule has 1 unspecified atom stereocenters. The van der Waals surface area contributed by atoms with E-state index in [1.165, 1.54) is 25.3 Å². The van der Waals surface area contributed by atoms with Crippen molar-refractivity contribution in [1.29, 1.82) is 0 Å². The second kappa shape index (κ2) is 9.73. The van der Waals surface area contributed by atoms with E-state index in [0.29, 0.717) is 13.2 Å². The van der Waals surface area contributed by atoms with Crippen molar-refractivity contribution >= 4 is 24.2 Å². The summed E-state index contributed by atoms with van der Waals surface area (Å²) in [6.45, 7) is 7.94. The molecule has 3 nitrogen and oxygen atoms in total. The average molecular weight is 255 g/mol. The molecule has 5 heteroatoms. The highest BCUT2D eigenvalue weighted by atomic mass is 35.5. The van der Waals surface area contributed by atoms with E-state index in [1.54, 1.807) is 0 Å². The van der Waals surface area contributed by atoms with Gasteiger partial charge in [-0.1, -0.05) is 6.92 Å². The maximum atomic E-state index is 5.38. The van der Waals surface area contributed by atoms with Crippen molar-refractivity contribution in [2.45, 2.75) is 18.6 Å². The van der Waals surface area contributed by atoms with Crippen LogP contribution in [0.15, 0.2) is 0 Å². The van der Waals surface area contributed by atoms with Gasteiger partial charge in [-0.3, -0.25) is 4.90 Å². The molecule has 1 aliphatic rings. The molecule has 15 heavy (non-hydrogen) atoms. The minimum atomic E-state index is 0. The van der Waals surface area contributed by atoms with Gasteiger partial charge in [-0.2, -0.15) is 11.8 Å². The Bertz CT molecular complexity index is 151. The zero-order valence-electron chi connectivity index (χ0n) is 9.48. The molecule has 0 aliphatic carbocycles. The molecule has 1 heterocycles. The summed E-state index contributed by atoms with van der Waals surface area (Å²) in [5.41, 5.74) is 5.35. The van der Waals surface area contributed by atoms with Crippen molar-refractivity contribution in [3.63, 3.8) is 0 Å². The Morgan fingerprint density at radius 3 is 2.93 bits per heavy atom. The summed E-state index contributed by atoms with van der Waals surface area (Å²) in [5.74, 6) is 1.27. The first-order valence-corrected chi connectivity index (χ1v) is 6.53. The Labute approximate surface area is 104 Å². The van der Waals surface area contributed by atoms with Gasteiger partial charge < -0.3 is 10.5 Å². The summed E-state index contributed by atoms with van der Waals surface area (Å²) >= 11 is 2.11. The molecule has 0 spiro atoms. The van der Waals surface area contributed by atoms with E-state index in [4.69, 9.17) is 10.5 Å². The molecule has 0 radical (unpaired) electrons. The molecule has 1 atom stereocenters. The topological polar surface area (TPSA) is 38.5 Å². The molecule has 1 rings (SSSR count). The number of nitrogens with two attached hydrogens (primary N) is 1. The lowest BCUT2D eigenvalue weighted by Gasteiger charge is -2.31. The van der Waals surface area contributed by atoms with Crippen LogP contribution < -0.4 is 5.73 Å². The Balaban J connectivity index is 0.00000196. The van der Waals surface area contributed by atoms with Gasteiger partial charge >= 0.3 is 0 Å². The van der Waals surface area contributed by atoms with Gasteiger partial charge in [-0.25, -0.2) is 0 Å². The lowest BCUT2D eigenvalue weighted by molar-refractivity contribution is 0.110. The van der Waals surface area contributed by atoms with Crippen molar-refractivity contribution in [2.24, 2.45) is 5.73 Å². The molecule has 0 amide bonds. The second-order valence-corrected chi connectivity index (χ2v) is 5.01. The normalized spacial score (nSPS) is 22.4. The lowest BCUT2D eigenvalue weighted by atomic mass is 10.3. The summed E-state index contributed by atoms with van der Waals surface area (Å²) in [6, 6.07) is 0. The Morgan fingerprint density at radius 1 is 1.47 bits per heavy atom. The van der Waals surface area contributed by atoms with Gasteiger partial charge in [0.2, 0.25) is 0 Å². The van der Waals surface area contributed by atoms with Crippen LogP contribution in [0, 0.1) is 0 Å². The van der Waals surface area contributed by atoms with Gasteiger partial charge in [0.25, 0.3) is 0 Å². The molecule has 0 aromatic heterocycles. The molecule has 0 aromatic carbocycles. The smallest absolute Gasteiger partial charge is 0.0594 e. The molecule has 0 aromatic rings. The minimum absolute atomic E-state index is 0. The van der Waals surface area contributed by atoms with Crippen molar-refractivity contribution in [1.82, 2.24) is 4.90 Å². The molecule has 0 saturated carbocycles. The first kappa shape index (κ1) is 15.5. The number of hydrogen-bond donors (Lipinski definition) is 1. The number of halogens is 1. The van der Waals surface area contributed by atoms with Crippen LogP contribution >= 0.6 is 24.2 Å². The third-order valence-corrected chi connectivity index (χ3v) is 3.86. The van der Waals surface area contributed by atoms with Crippen LogP contribution in [0.3, 0.4) is 0 Å². The van der Waals surface area contributed by atoms with Crippen molar-refractivity contribution in [3.8, 4) is 0 Å². The van der Waals surface area contributed by atoms with E-state index in [2.05, 4.69) is 23.6 Å². The molecule has 2 N–H and O–H groups in total. The van der Waals surface area contributed by atoms with Crippen molar-refractivity contribution in [2.75, 3.05) is 45.1 Å². The SMILES string of the molecule is CCC1CN(CCOCCN)CCS1.Cl. The van der Waals surface area contributed by atoms with Crippen LogP contribution in [-0.4, -0.2) is 55.3 Å². The minimum Gasteiger partial charge on any atom is -0.379 e. The van der Waals surface area contributed by atoms with Gasteiger partial charge in [-0.05, 0) is 6.42 Å².